The highest BCUT2D eigenvalue weighted by molar-refractivity contribution is 6.28. The molecule has 2 heterocycles. The summed E-state index contributed by atoms with van der Waals surface area (Å²) in [6.45, 7) is 0. The first-order valence-electron chi connectivity index (χ1n) is 7.85. The average molecular weight is 306 g/mol. The van der Waals surface area contributed by atoms with Crippen LogP contribution in [0.5, 0.6) is 0 Å². The Morgan fingerprint density at radius 3 is 2.14 bits per heavy atom. The number of hydrogen-bond acceptors (Lipinski definition) is 5. The van der Waals surface area contributed by atoms with E-state index in [1.807, 2.05) is 0 Å². The Kier molecular flexibility index (Phi) is 3.90. The fourth-order valence-corrected chi connectivity index (χ4v) is 3.57. The van der Waals surface area contributed by atoms with Crippen molar-refractivity contribution in [2.24, 2.45) is 5.92 Å². The number of hydrogen-bond donors (Lipinski definition) is 2. The highest BCUT2D eigenvalue weighted by Crippen LogP contribution is 2.31. The molecule has 7 heteroatoms. The minimum atomic E-state index is -0.589. The highest BCUT2D eigenvalue weighted by Gasteiger charge is 2.42. The van der Waals surface area contributed by atoms with E-state index in [-0.39, 0.29) is 11.6 Å². The summed E-state index contributed by atoms with van der Waals surface area (Å²) < 4.78 is 0. The topological polar surface area (TPSA) is 81.8 Å². The van der Waals surface area contributed by atoms with Crippen molar-refractivity contribution in [2.45, 2.75) is 44.6 Å². The van der Waals surface area contributed by atoms with Gasteiger partial charge >= 0.3 is 6.03 Å². The van der Waals surface area contributed by atoms with Crippen molar-refractivity contribution in [1.82, 2.24) is 20.7 Å². The lowest BCUT2D eigenvalue weighted by Gasteiger charge is -2.29. The Hall–Kier alpha value is -1.89. The van der Waals surface area contributed by atoms with Gasteiger partial charge < -0.3 is 5.43 Å². The summed E-state index contributed by atoms with van der Waals surface area (Å²) in [5, 5.41) is 0. The zero-order chi connectivity index (χ0) is 15.9. The first-order chi connectivity index (χ1) is 10.5. The third-order valence-electron chi connectivity index (χ3n) is 4.96. The maximum atomic E-state index is 12.3. The molecule has 0 spiro atoms. The molecule has 3 aliphatic rings. The molecule has 120 valence electrons. The molecular weight excluding hydrogens is 284 g/mol. The number of carbonyl (C=O) groups is 3. The Balaban J connectivity index is 1.82. The zero-order valence-electron chi connectivity index (χ0n) is 13.0. The number of rotatable bonds is 1. The van der Waals surface area contributed by atoms with Crippen molar-refractivity contribution in [3.05, 3.63) is 11.3 Å². The Morgan fingerprint density at radius 1 is 0.955 bits per heavy atom. The van der Waals surface area contributed by atoms with E-state index >= 15 is 0 Å². The largest absolute Gasteiger partial charge is 0.333 e. The molecule has 2 saturated heterocycles. The number of imide groups is 2. The van der Waals surface area contributed by atoms with E-state index in [0.717, 1.165) is 9.80 Å². The van der Waals surface area contributed by atoms with Crippen LogP contribution in [-0.4, -0.2) is 47.8 Å². The van der Waals surface area contributed by atoms with Gasteiger partial charge in [0.25, 0.3) is 11.8 Å². The normalized spacial score (nSPS) is 27.7. The molecule has 2 N–H and O–H groups in total. The molecule has 0 aromatic carbocycles. The summed E-state index contributed by atoms with van der Waals surface area (Å²) in [6.07, 6.45) is 6.77. The van der Waals surface area contributed by atoms with Gasteiger partial charge in [-0.05, 0) is 18.8 Å². The number of hydrazine groups is 1. The second kappa shape index (κ2) is 5.72. The van der Waals surface area contributed by atoms with Crippen LogP contribution in [0.4, 0.5) is 4.79 Å². The standard InChI is InChI=1S/C15H22N4O3/c1-18-13(20)12(14(21)19(2)15(18)22)11-8-10(16-17-11)9-6-4-3-5-7-9/h9-10,16-17H,3-8H2,1-2H3. The van der Waals surface area contributed by atoms with Crippen LogP contribution in [0, 0.1) is 5.92 Å². The van der Waals surface area contributed by atoms with Crippen LogP contribution in [0.25, 0.3) is 0 Å². The molecule has 0 radical (unpaired) electrons. The molecule has 4 amide bonds. The lowest BCUT2D eigenvalue weighted by atomic mass is 9.83. The molecule has 7 nitrogen and oxygen atoms in total. The second-order valence-electron chi connectivity index (χ2n) is 6.34. The smallest absolute Gasteiger partial charge is 0.324 e. The van der Waals surface area contributed by atoms with Crippen LogP contribution in [0.2, 0.25) is 0 Å². The lowest BCUT2D eigenvalue weighted by Crippen LogP contribution is -2.53. The Labute approximate surface area is 129 Å². The molecule has 1 aliphatic carbocycles. The molecule has 3 rings (SSSR count). The molecule has 0 bridgehead atoms. The summed E-state index contributed by atoms with van der Waals surface area (Å²) in [4.78, 5) is 38.3. The number of nitrogens with zero attached hydrogens (tertiary/aromatic N) is 2. The van der Waals surface area contributed by atoms with Gasteiger partial charge in [-0.25, -0.2) is 10.2 Å². The molecule has 0 aromatic rings. The van der Waals surface area contributed by atoms with Crippen LogP contribution in [0.3, 0.4) is 0 Å². The van der Waals surface area contributed by atoms with Gasteiger partial charge in [-0.1, -0.05) is 19.3 Å². The SMILES string of the molecule is CN1C(=O)C(=C2CC(C3CCCCC3)NN2)C(=O)N(C)C1=O. The fraction of sp³-hybridized carbons (Fsp3) is 0.667. The third-order valence-corrected chi connectivity index (χ3v) is 4.96. The van der Waals surface area contributed by atoms with Gasteiger partial charge in [0.1, 0.15) is 5.57 Å². The van der Waals surface area contributed by atoms with Crippen LogP contribution < -0.4 is 10.9 Å². The van der Waals surface area contributed by atoms with Crippen LogP contribution in [0.1, 0.15) is 38.5 Å². The van der Waals surface area contributed by atoms with Gasteiger partial charge in [0.05, 0.1) is 0 Å². The van der Waals surface area contributed by atoms with E-state index in [1.165, 1.54) is 46.2 Å². The average Bonchev–Trinajstić information content (AvgIpc) is 3.02. The van der Waals surface area contributed by atoms with Crippen LogP contribution in [0.15, 0.2) is 11.3 Å². The molecule has 1 saturated carbocycles. The van der Waals surface area contributed by atoms with E-state index in [9.17, 15) is 14.4 Å². The Morgan fingerprint density at radius 2 is 1.55 bits per heavy atom. The highest BCUT2D eigenvalue weighted by atomic mass is 16.2. The number of barbiturate groups is 1. The van der Waals surface area contributed by atoms with Gasteiger partial charge in [0.15, 0.2) is 0 Å². The molecular formula is C15H22N4O3. The number of nitrogens with one attached hydrogen (secondary N) is 2. The van der Waals surface area contributed by atoms with Gasteiger partial charge in [0, 0.05) is 32.3 Å². The predicted molar refractivity (Wildman–Crippen MR) is 79.2 cm³/mol. The van der Waals surface area contributed by atoms with E-state index in [1.54, 1.807) is 0 Å². The van der Waals surface area contributed by atoms with E-state index in [4.69, 9.17) is 0 Å². The van der Waals surface area contributed by atoms with Gasteiger partial charge in [-0.15, -0.1) is 0 Å². The summed E-state index contributed by atoms with van der Waals surface area (Å²) in [5.41, 5.74) is 6.92. The van der Waals surface area contributed by atoms with Crippen molar-refractivity contribution in [2.75, 3.05) is 14.1 Å². The molecule has 2 aliphatic heterocycles. The summed E-state index contributed by atoms with van der Waals surface area (Å²) in [7, 11) is 2.80. The number of carbonyl (C=O) groups excluding carboxylic acids is 3. The van der Waals surface area contributed by atoms with Crippen molar-refractivity contribution in [3.8, 4) is 0 Å². The monoisotopic (exact) mass is 306 g/mol. The van der Waals surface area contributed by atoms with Gasteiger partial charge in [0.2, 0.25) is 0 Å². The zero-order valence-corrected chi connectivity index (χ0v) is 13.0. The molecule has 1 atom stereocenters. The van der Waals surface area contributed by atoms with E-state index in [2.05, 4.69) is 10.9 Å². The van der Waals surface area contributed by atoms with Gasteiger partial charge in [-0.2, -0.15) is 0 Å². The summed E-state index contributed by atoms with van der Waals surface area (Å²) in [6, 6.07) is -0.342. The predicted octanol–water partition coefficient (Wildman–Crippen LogP) is 0.738. The van der Waals surface area contributed by atoms with E-state index in [0.29, 0.717) is 18.0 Å². The minimum absolute atomic E-state index is 0.0791. The van der Waals surface area contributed by atoms with Crippen molar-refractivity contribution in [1.29, 1.82) is 0 Å². The maximum Gasteiger partial charge on any atom is 0.333 e. The van der Waals surface area contributed by atoms with Crippen molar-refractivity contribution >= 4 is 17.8 Å². The van der Waals surface area contributed by atoms with Crippen LogP contribution >= 0.6 is 0 Å². The number of urea groups is 1. The minimum Gasteiger partial charge on any atom is -0.324 e. The molecule has 1 unspecified atom stereocenters. The summed E-state index contributed by atoms with van der Waals surface area (Å²) in [5.74, 6) is -0.478. The quantitative estimate of drug-likeness (QED) is 0.551. The van der Waals surface area contributed by atoms with E-state index < -0.39 is 17.8 Å². The fourth-order valence-electron chi connectivity index (χ4n) is 3.57. The van der Waals surface area contributed by atoms with Crippen molar-refractivity contribution in [3.63, 3.8) is 0 Å². The number of amides is 4. The maximum absolute atomic E-state index is 12.3. The first-order valence-corrected chi connectivity index (χ1v) is 7.85. The number of likely N-dealkylation sites (N-methyl/N-ethyl adjacent to an activating group) is 2. The second-order valence-corrected chi connectivity index (χ2v) is 6.34. The lowest BCUT2D eigenvalue weighted by molar-refractivity contribution is -0.134. The Bertz CT molecular complexity index is 525. The summed E-state index contributed by atoms with van der Waals surface area (Å²) >= 11 is 0. The third kappa shape index (κ3) is 2.39. The van der Waals surface area contributed by atoms with Crippen LogP contribution in [-0.2, 0) is 9.59 Å². The van der Waals surface area contributed by atoms with Crippen molar-refractivity contribution < 1.29 is 14.4 Å². The molecule has 0 aromatic heterocycles. The van der Waals surface area contributed by atoms with Gasteiger partial charge in [-0.3, -0.25) is 19.4 Å². The molecule has 3 fully saturated rings. The molecule has 22 heavy (non-hydrogen) atoms. The first kappa shape index (κ1) is 15.0.